The molecule has 7 heteroatoms. The van der Waals surface area contributed by atoms with Crippen LogP contribution < -0.4 is 5.32 Å². The third-order valence-corrected chi connectivity index (χ3v) is 4.31. The van der Waals surface area contributed by atoms with Gasteiger partial charge in [-0.2, -0.15) is 0 Å². The lowest BCUT2D eigenvalue weighted by Gasteiger charge is -2.12. The smallest absolute Gasteiger partial charge is 0.253 e. The fraction of sp³-hybridized carbons (Fsp3) is 0.400. The molecule has 2 aromatic rings. The normalized spacial score (nSPS) is 19.7. The van der Waals surface area contributed by atoms with E-state index in [-0.39, 0.29) is 18.6 Å². The standard InChI is InChI=1S/C13H18N2O4.C7H7Cl/c1-8-2-5-12(19-8)13(18)15-9-3-4-10(14-6-9)11(17)7-16;1-6-3-2-4-7(8)5-6/h3-4,6,8,11-12,16-17H,2,5,7H2,1H3,(H,15,18);2-5H,1H3. The van der Waals surface area contributed by atoms with Crippen molar-refractivity contribution in [2.45, 2.75) is 45.0 Å². The number of hydrogen-bond acceptors (Lipinski definition) is 5. The molecule has 1 aromatic heterocycles. The van der Waals surface area contributed by atoms with E-state index < -0.39 is 12.2 Å². The predicted molar refractivity (Wildman–Crippen MR) is 105 cm³/mol. The molecule has 1 aliphatic heterocycles. The Kier molecular flexibility index (Phi) is 8.19. The number of aryl methyl sites for hydroxylation is 1. The Morgan fingerprint density at radius 2 is 2.15 bits per heavy atom. The van der Waals surface area contributed by atoms with Crippen LogP contribution in [0, 0.1) is 6.92 Å². The largest absolute Gasteiger partial charge is 0.393 e. The molecule has 1 saturated heterocycles. The number of halogens is 1. The first kappa shape index (κ1) is 21.3. The van der Waals surface area contributed by atoms with Crippen LogP contribution in [0.3, 0.4) is 0 Å². The molecule has 6 nitrogen and oxygen atoms in total. The topological polar surface area (TPSA) is 91.7 Å². The molecule has 146 valence electrons. The molecule has 1 aromatic carbocycles. The van der Waals surface area contributed by atoms with Crippen molar-refractivity contribution in [2.24, 2.45) is 0 Å². The molecular weight excluding hydrogens is 368 g/mol. The number of hydrogen-bond donors (Lipinski definition) is 3. The minimum atomic E-state index is -0.997. The fourth-order valence-electron chi connectivity index (χ4n) is 2.59. The monoisotopic (exact) mass is 392 g/mol. The molecular formula is C20H25ClN2O4. The summed E-state index contributed by atoms with van der Waals surface area (Å²) in [7, 11) is 0. The van der Waals surface area contributed by atoms with E-state index in [2.05, 4.69) is 10.3 Å². The number of amides is 1. The number of carbonyl (C=O) groups is 1. The number of nitrogens with zero attached hydrogens (tertiary/aromatic N) is 1. The molecule has 0 aliphatic carbocycles. The van der Waals surface area contributed by atoms with Crippen molar-refractivity contribution in [1.29, 1.82) is 0 Å². The summed E-state index contributed by atoms with van der Waals surface area (Å²) in [6.45, 7) is 3.58. The number of pyridine rings is 1. The SMILES string of the molecule is CC1CCC(C(=O)Nc2ccc(C(O)CO)nc2)O1.Cc1cccc(Cl)c1. The van der Waals surface area contributed by atoms with Crippen molar-refractivity contribution in [3.05, 3.63) is 58.9 Å². The van der Waals surface area contributed by atoms with Gasteiger partial charge in [0, 0.05) is 5.02 Å². The number of ether oxygens (including phenoxy) is 1. The van der Waals surface area contributed by atoms with Crippen LogP contribution in [-0.2, 0) is 9.53 Å². The maximum absolute atomic E-state index is 11.9. The van der Waals surface area contributed by atoms with Crippen LogP contribution in [0.5, 0.6) is 0 Å². The molecule has 0 bridgehead atoms. The molecule has 1 fully saturated rings. The summed E-state index contributed by atoms with van der Waals surface area (Å²) >= 11 is 5.64. The number of aliphatic hydroxyl groups excluding tert-OH is 2. The molecule has 1 aliphatic rings. The third-order valence-electron chi connectivity index (χ3n) is 4.07. The first-order chi connectivity index (χ1) is 12.9. The van der Waals surface area contributed by atoms with Gasteiger partial charge in [0.1, 0.15) is 12.2 Å². The second-order valence-corrected chi connectivity index (χ2v) is 6.91. The van der Waals surface area contributed by atoms with Gasteiger partial charge in [-0.05, 0) is 56.5 Å². The van der Waals surface area contributed by atoms with Gasteiger partial charge >= 0.3 is 0 Å². The van der Waals surface area contributed by atoms with Gasteiger partial charge in [0.05, 0.1) is 30.3 Å². The van der Waals surface area contributed by atoms with Crippen molar-refractivity contribution >= 4 is 23.2 Å². The highest BCUT2D eigenvalue weighted by atomic mass is 35.5. The number of aliphatic hydroxyl groups is 2. The van der Waals surface area contributed by atoms with Crippen LogP contribution >= 0.6 is 11.6 Å². The van der Waals surface area contributed by atoms with E-state index >= 15 is 0 Å². The van der Waals surface area contributed by atoms with E-state index in [4.69, 9.17) is 21.4 Å². The van der Waals surface area contributed by atoms with Gasteiger partial charge in [-0.25, -0.2) is 0 Å². The summed E-state index contributed by atoms with van der Waals surface area (Å²) < 4.78 is 5.47. The summed E-state index contributed by atoms with van der Waals surface area (Å²) in [5.41, 5.74) is 2.12. The highest BCUT2D eigenvalue weighted by molar-refractivity contribution is 6.30. The molecule has 3 rings (SSSR count). The zero-order valence-corrected chi connectivity index (χ0v) is 16.2. The van der Waals surface area contributed by atoms with Gasteiger partial charge in [0.25, 0.3) is 5.91 Å². The number of nitrogens with one attached hydrogen (secondary N) is 1. The van der Waals surface area contributed by atoms with E-state index in [9.17, 15) is 9.90 Å². The van der Waals surface area contributed by atoms with Crippen molar-refractivity contribution in [3.8, 4) is 0 Å². The van der Waals surface area contributed by atoms with Crippen LogP contribution in [0.1, 0.15) is 37.1 Å². The minimum Gasteiger partial charge on any atom is -0.393 e. The minimum absolute atomic E-state index is 0.121. The first-order valence-corrected chi connectivity index (χ1v) is 9.20. The van der Waals surface area contributed by atoms with Crippen molar-refractivity contribution in [3.63, 3.8) is 0 Å². The van der Waals surface area contributed by atoms with E-state index in [1.165, 1.54) is 11.8 Å². The molecule has 0 radical (unpaired) electrons. The van der Waals surface area contributed by atoms with Crippen LogP contribution in [0.2, 0.25) is 5.02 Å². The quantitative estimate of drug-likeness (QED) is 0.742. The molecule has 2 heterocycles. The lowest BCUT2D eigenvalue weighted by atomic mass is 10.2. The van der Waals surface area contributed by atoms with Crippen molar-refractivity contribution in [1.82, 2.24) is 4.98 Å². The first-order valence-electron chi connectivity index (χ1n) is 8.82. The van der Waals surface area contributed by atoms with Gasteiger partial charge in [-0.1, -0.05) is 23.7 Å². The van der Waals surface area contributed by atoms with Crippen LogP contribution in [0.4, 0.5) is 5.69 Å². The molecule has 1 amide bonds. The van der Waals surface area contributed by atoms with E-state index in [1.54, 1.807) is 12.1 Å². The van der Waals surface area contributed by atoms with Crippen LogP contribution in [0.25, 0.3) is 0 Å². The van der Waals surface area contributed by atoms with Gasteiger partial charge in [-0.3, -0.25) is 9.78 Å². The number of anilines is 1. The zero-order valence-electron chi connectivity index (χ0n) is 15.4. The zero-order chi connectivity index (χ0) is 19.8. The Hall–Kier alpha value is -1.99. The molecule has 3 N–H and O–H groups in total. The Balaban J connectivity index is 0.000000273. The molecule has 0 spiro atoms. The van der Waals surface area contributed by atoms with Gasteiger partial charge in [0.2, 0.25) is 0 Å². The lowest BCUT2D eigenvalue weighted by Crippen LogP contribution is -2.27. The number of carbonyl (C=O) groups excluding carboxylic acids is 1. The fourth-order valence-corrected chi connectivity index (χ4v) is 2.84. The number of aromatic nitrogens is 1. The summed E-state index contributed by atoms with van der Waals surface area (Å²) in [5, 5.41) is 21.7. The van der Waals surface area contributed by atoms with Crippen LogP contribution in [0.15, 0.2) is 42.6 Å². The Labute approximate surface area is 164 Å². The second-order valence-electron chi connectivity index (χ2n) is 6.47. The molecule has 0 saturated carbocycles. The van der Waals surface area contributed by atoms with Gasteiger partial charge < -0.3 is 20.3 Å². The number of rotatable bonds is 4. The predicted octanol–water partition coefficient (Wildman–Crippen LogP) is 3.26. The number of benzene rings is 1. The van der Waals surface area contributed by atoms with E-state index in [0.29, 0.717) is 11.4 Å². The Bertz CT molecular complexity index is 722. The molecule has 3 unspecified atom stereocenters. The highest BCUT2D eigenvalue weighted by Gasteiger charge is 2.28. The third kappa shape index (κ3) is 6.92. The van der Waals surface area contributed by atoms with Crippen LogP contribution in [-0.4, -0.2) is 39.9 Å². The Morgan fingerprint density at radius 1 is 1.37 bits per heavy atom. The summed E-state index contributed by atoms with van der Waals surface area (Å²) in [5.74, 6) is -0.179. The maximum Gasteiger partial charge on any atom is 0.253 e. The lowest BCUT2D eigenvalue weighted by molar-refractivity contribution is -0.126. The average molecular weight is 393 g/mol. The Morgan fingerprint density at radius 3 is 2.63 bits per heavy atom. The second kappa shape index (κ2) is 10.4. The highest BCUT2D eigenvalue weighted by Crippen LogP contribution is 2.20. The molecule has 3 atom stereocenters. The van der Waals surface area contributed by atoms with Crippen molar-refractivity contribution in [2.75, 3.05) is 11.9 Å². The average Bonchev–Trinajstić information content (AvgIpc) is 3.08. The summed E-state index contributed by atoms with van der Waals surface area (Å²) in [4.78, 5) is 15.9. The molecule has 27 heavy (non-hydrogen) atoms. The van der Waals surface area contributed by atoms with Gasteiger partial charge in [-0.15, -0.1) is 0 Å². The van der Waals surface area contributed by atoms with Gasteiger partial charge in [0.15, 0.2) is 0 Å². The summed E-state index contributed by atoms with van der Waals surface area (Å²) in [6, 6.07) is 11.0. The summed E-state index contributed by atoms with van der Waals surface area (Å²) in [6.07, 6.45) is 1.78. The van der Waals surface area contributed by atoms with E-state index in [0.717, 1.165) is 17.9 Å². The van der Waals surface area contributed by atoms with E-state index in [1.807, 2.05) is 38.1 Å². The van der Waals surface area contributed by atoms with Crippen molar-refractivity contribution < 1.29 is 19.7 Å². The maximum atomic E-state index is 11.9.